The van der Waals surface area contributed by atoms with Gasteiger partial charge >= 0.3 is 0 Å². The van der Waals surface area contributed by atoms with E-state index >= 15 is 0 Å². The Labute approximate surface area is 123 Å². The maximum Gasteiger partial charge on any atom is 0.265 e. The number of carbonyl (C=O) groups is 1. The van der Waals surface area contributed by atoms with E-state index in [-0.39, 0.29) is 12.5 Å². The topological polar surface area (TPSA) is 42.4 Å². The Bertz CT molecular complexity index is 680. The number of ether oxygens (including phenoxy) is 1. The molecule has 106 valence electrons. The van der Waals surface area contributed by atoms with Gasteiger partial charge < -0.3 is 9.64 Å². The number of nitrogens with zero attached hydrogens (tertiary/aromatic N) is 2. The molecular weight excluding hydrogens is 264 g/mol. The van der Waals surface area contributed by atoms with Gasteiger partial charge in [-0.3, -0.25) is 4.79 Å². The molecule has 1 fully saturated rings. The molecule has 4 nitrogen and oxygen atoms in total. The number of hydrogen-bond donors (Lipinski definition) is 0. The number of fused-ring (bicyclic) bond motifs is 1. The number of rotatable bonds is 2. The van der Waals surface area contributed by atoms with Crippen LogP contribution in [0.5, 0.6) is 5.88 Å². The first-order chi connectivity index (χ1) is 10.3. The van der Waals surface area contributed by atoms with E-state index in [1.165, 1.54) is 6.42 Å². The SMILES string of the molecule is O=C1COc2ncc(-c3ccccc3)cc2N1C1CCC1. The zero-order chi connectivity index (χ0) is 14.2. The molecule has 2 aromatic rings. The van der Waals surface area contributed by atoms with Crippen LogP contribution in [-0.4, -0.2) is 23.5 Å². The maximum absolute atomic E-state index is 12.2. The van der Waals surface area contributed by atoms with Gasteiger partial charge in [-0.1, -0.05) is 30.3 Å². The number of benzene rings is 1. The molecule has 1 aliphatic heterocycles. The van der Waals surface area contributed by atoms with Crippen LogP contribution in [0, 0.1) is 0 Å². The molecule has 2 heterocycles. The van der Waals surface area contributed by atoms with Gasteiger partial charge in [0.15, 0.2) is 6.61 Å². The first-order valence-corrected chi connectivity index (χ1v) is 7.33. The van der Waals surface area contributed by atoms with Crippen molar-refractivity contribution >= 4 is 11.6 Å². The van der Waals surface area contributed by atoms with Gasteiger partial charge in [-0.15, -0.1) is 0 Å². The standard InChI is InChI=1S/C17H16N2O2/c20-16-11-21-17-15(19(16)14-7-4-8-14)9-13(10-18-17)12-5-2-1-3-6-12/h1-3,5-6,9-10,14H,4,7-8,11H2. The largest absolute Gasteiger partial charge is 0.466 e. The van der Waals surface area contributed by atoms with Crippen molar-refractivity contribution in [2.75, 3.05) is 11.5 Å². The van der Waals surface area contributed by atoms with Crippen molar-refractivity contribution in [3.63, 3.8) is 0 Å². The zero-order valence-corrected chi connectivity index (χ0v) is 11.7. The number of aromatic nitrogens is 1. The second-order valence-corrected chi connectivity index (χ2v) is 5.55. The van der Waals surface area contributed by atoms with Crippen LogP contribution >= 0.6 is 0 Å². The van der Waals surface area contributed by atoms with Gasteiger partial charge in [0.05, 0.1) is 0 Å². The van der Waals surface area contributed by atoms with Crippen LogP contribution in [0.1, 0.15) is 19.3 Å². The molecule has 1 aliphatic carbocycles. The first kappa shape index (κ1) is 12.4. The van der Waals surface area contributed by atoms with Gasteiger partial charge in [0.25, 0.3) is 5.91 Å². The van der Waals surface area contributed by atoms with E-state index < -0.39 is 0 Å². The molecule has 0 atom stereocenters. The number of hydrogen-bond acceptors (Lipinski definition) is 3. The van der Waals surface area contributed by atoms with Gasteiger partial charge in [-0.05, 0) is 30.9 Å². The van der Waals surface area contributed by atoms with E-state index in [1.54, 1.807) is 0 Å². The monoisotopic (exact) mass is 280 g/mol. The van der Waals surface area contributed by atoms with Gasteiger partial charge in [-0.2, -0.15) is 0 Å². The van der Waals surface area contributed by atoms with Crippen molar-refractivity contribution in [2.24, 2.45) is 0 Å². The average Bonchev–Trinajstić information content (AvgIpc) is 2.49. The molecular formula is C17H16N2O2. The molecule has 0 unspecified atom stereocenters. The molecule has 1 aromatic carbocycles. The Balaban J connectivity index is 1.78. The van der Waals surface area contributed by atoms with E-state index in [0.29, 0.717) is 11.9 Å². The summed E-state index contributed by atoms with van der Waals surface area (Å²) in [5, 5.41) is 0. The highest BCUT2D eigenvalue weighted by Gasteiger charge is 2.35. The van der Waals surface area contributed by atoms with E-state index in [1.807, 2.05) is 47.5 Å². The minimum Gasteiger partial charge on any atom is -0.466 e. The Morgan fingerprint density at radius 2 is 1.95 bits per heavy atom. The molecule has 0 spiro atoms. The number of pyridine rings is 1. The summed E-state index contributed by atoms with van der Waals surface area (Å²) >= 11 is 0. The summed E-state index contributed by atoms with van der Waals surface area (Å²) in [5.74, 6) is 0.611. The summed E-state index contributed by atoms with van der Waals surface area (Å²) in [7, 11) is 0. The fourth-order valence-corrected chi connectivity index (χ4v) is 2.89. The van der Waals surface area contributed by atoms with Crippen LogP contribution in [0.2, 0.25) is 0 Å². The van der Waals surface area contributed by atoms with Crippen molar-refractivity contribution in [3.05, 3.63) is 42.6 Å². The quantitative estimate of drug-likeness (QED) is 0.849. The lowest BCUT2D eigenvalue weighted by Crippen LogP contribution is -2.48. The molecule has 4 heteroatoms. The van der Waals surface area contributed by atoms with E-state index in [4.69, 9.17) is 4.74 Å². The smallest absolute Gasteiger partial charge is 0.265 e. The second-order valence-electron chi connectivity index (χ2n) is 5.55. The lowest BCUT2D eigenvalue weighted by atomic mass is 9.90. The van der Waals surface area contributed by atoms with Crippen molar-refractivity contribution < 1.29 is 9.53 Å². The Hall–Kier alpha value is -2.36. The zero-order valence-electron chi connectivity index (χ0n) is 11.7. The Kier molecular flexibility index (Phi) is 2.88. The van der Waals surface area contributed by atoms with Gasteiger partial charge in [-0.25, -0.2) is 4.98 Å². The fraction of sp³-hybridized carbons (Fsp3) is 0.294. The van der Waals surface area contributed by atoms with E-state index in [2.05, 4.69) is 4.98 Å². The van der Waals surface area contributed by atoms with Crippen molar-refractivity contribution in [2.45, 2.75) is 25.3 Å². The molecule has 21 heavy (non-hydrogen) atoms. The van der Waals surface area contributed by atoms with Crippen LogP contribution in [-0.2, 0) is 4.79 Å². The third-order valence-electron chi connectivity index (χ3n) is 4.24. The van der Waals surface area contributed by atoms with Gasteiger partial charge in [0.2, 0.25) is 5.88 Å². The minimum absolute atomic E-state index is 0.0409. The summed E-state index contributed by atoms with van der Waals surface area (Å²) in [6, 6.07) is 12.4. The predicted octanol–water partition coefficient (Wildman–Crippen LogP) is 3.03. The summed E-state index contributed by atoms with van der Waals surface area (Å²) in [5.41, 5.74) is 2.92. The molecule has 2 aliphatic rings. The van der Waals surface area contributed by atoms with Crippen molar-refractivity contribution in [3.8, 4) is 17.0 Å². The molecule has 0 saturated heterocycles. The summed E-state index contributed by atoms with van der Waals surface area (Å²) < 4.78 is 5.47. The third-order valence-corrected chi connectivity index (χ3v) is 4.24. The molecule has 0 bridgehead atoms. The first-order valence-electron chi connectivity index (χ1n) is 7.33. The number of anilines is 1. The summed E-state index contributed by atoms with van der Waals surface area (Å²) in [4.78, 5) is 18.5. The fourth-order valence-electron chi connectivity index (χ4n) is 2.89. The summed E-state index contributed by atoms with van der Waals surface area (Å²) in [6.45, 7) is 0.0984. The average molecular weight is 280 g/mol. The lowest BCUT2D eigenvalue weighted by molar-refractivity contribution is -0.122. The summed E-state index contributed by atoms with van der Waals surface area (Å²) in [6.07, 6.45) is 5.14. The molecule has 1 aromatic heterocycles. The van der Waals surface area contributed by atoms with Crippen molar-refractivity contribution in [1.82, 2.24) is 4.98 Å². The molecule has 1 saturated carbocycles. The van der Waals surface area contributed by atoms with Gasteiger partial charge in [0, 0.05) is 17.8 Å². The molecule has 0 radical (unpaired) electrons. The minimum atomic E-state index is 0.0409. The van der Waals surface area contributed by atoms with Crippen LogP contribution < -0.4 is 9.64 Å². The number of carbonyl (C=O) groups excluding carboxylic acids is 1. The van der Waals surface area contributed by atoms with Crippen LogP contribution in [0.15, 0.2) is 42.6 Å². The van der Waals surface area contributed by atoms with E-state index in [9.17, 15) is 4.79 Å². The normalized spacial score (nSPS) is 17.9. The third kappa shape index (κ3) is 2.07. The highest BCUT2D eigenvalue weighted by molar-refractivity contribution is 5.98. The van der Waals surface area contributed by atoms with Crippen molar-refractivity contribution in [1.29, 1.82) is 0 Å². The second kappa shape index (κ2) is 4.88. The Morgan fingerprint density at radius 3 is 2.67 bits per heavy atom. The molecule has 4 rings (SSSR count). The van der Waals surface area contributed by atoms with Crippen LogP contribution in [0.4, 0.5) is 5.69 Å². The predicted molar refractivity (Wildman–Crippen MR) is 80.3 cm³/mol. The van der Waals surface area contributed by atoms with E-state index in [0.717, 1.165) is 29.7 Å². The highest BCUT2D eigenvalue weighted by Crippen LogP contribution is 2.38. The lowest BCUT2D eigenvalue weighted by Gasteiger charge is -2.40. The highest BCUT2D eigenvalue weighted by atomic mass is 16.5. The van der Waals surface area contributed by atoms with Crippen LogP contribution in [0.3, 0.4) is 0 Å². The van der Waals surface area contributed by atoms with Gasteiger partial charge in [0.1, 0.15) is 5.69 Å². The number of amides is 1. The maximum atomic E-state index is 12.2. The Morgan fingerprint density at radius 1 is 1.14 bits per heavy atom. The molecule has 1 amide bonds. The molecule has 0 N–H and O–H groups in total. The van der Waals surface area contributed by atoms with Crippen LogP contribution in [0.25, 0.3) is 11.1 Å².